The molecule has 0 aliphatic heterocycles. The van der Waals surface area contributed by atoms with Gasteiger partial charge in [0.15, 0.2) is 6.61 Å². The van der Waals surface area contributed by atoms with Gasteiger partial charge >= 0.3 is 5.97 Å². The summed E-state index contributed by atoms with van der Waals surface area (Å²) in [4.78, 5) is 28.7. The number of benzene rings is 1. The van der Waals surface area contributed by atoms with E-state index in [1.54, 1.807) is 35.2 Å². The van der Waals surface area contributed by atoms with Crippen molar-refractivity contribution in [3.05, 3.63) is 46.4 Å². The van der Waals surface area contributed by atoms with E-state index in [0.717, 1.165) is 16.3 Å². The summed E-state index contributed by atoms with van der Waals surface area (Å²) in [5.74, 6) is 0.376. The van der Waals surface area contributed by atoms with Crippen molar-refractivity contribution in [3.63, 3.8) is 0 Å². The number of ether oxygens (including phenoxy) is 1. The molecule has 0 unspecified atom stereocenters. The summed E-state index contributed by atoms with van der Waals surface area (Å²) in [6, 6.07) is 7.15. The Labute approximate surface area is 149 Å². The number of hydrogen-bond acceptors (Lipinski definition) is 6. The monoisotopic (exact) mass is 364 g/mol. The van der Waals surface area contributed by atoms with Crippen molar-refractivity contribution < 1.29 is 14.3 Å². The van der Waals surface area contributed by atoms with E-state index in [1.807, 2.05) is 36.9 Å². The van der Waals surface area contributed by atoms with Crippen molar-refractivity contribution in [2.45, 2.75) is 24.5 Å². The maximum Gasteiger partial charge on any atom is 0.338 e. The van der Waals surface area contributed by atoms with Crippen LogP contribution in [-0.2, 0) is 15.3 Å². The van der Waals surface area contributed by atoms with Gasteiger partial charge in [-0.2, -0.15) is 0 Å². The number of hydrogen-bond donors (Lipinski definition) is 1. The second-order valence-electron chi connectivity index (χ2n) is 5.57. The first-order valence-electron chi connectivity index (χ1n) is 7.58. The van der Waals surface area contributed by atoms with Gasteiger partial charge in [0.2, 0.25) is 0 Å². The quantitative estimate of drug-likeness (QED) is 0.574. The Balaban J connectivity index is 1.77. The second kappa shape index (κ2) is 9.44. The van der Waals surface area contributed by atoms with Crippen LogP contribution in [0.15, 0.2) is 40.1 Å². The molecule has 1 N–H and O–H groups in total. The third-order valence-corrected chi connectivity index (χ3v) is 4.68. The Kier molecular flexibility index (Phi) is 7.27. The molecule has 0 aliphatic carbocycles. The second-order valence-corrected chi connectivity index (χ2v) is 7.33. The fourth-order valence-corrected chi connectivity index (χ4v) is 3.20. The van der Waals surface area contributed by atoms with Crippen LogP contribution in [0.5, 0.6) is 0 Å². The van der Waals surface area contributed by atoms with E-state index in [4.69, 9.17) is 4.74 Å². The third kappa shape index (κ3) is 6.33. The van der Waals surface area contributed by atoms with Crippen LogP contribution >= 0.6 is 23.1 Å². The Bertz CT molecular complexity index is 655. The SMILES string of the molecule is CC(C)CNC(=O)COC(=O)c1ccc(SCc2cscn2)cc1. The third-order valence-electron chi connectivity index (χ3n) is 3.00. The van der Waals surface area contributed by atoms with Gasteiger partial charge in [0.25, 0.3) is 5.91 Å². The van der Waals surface area contributed by atoms with Crippen molar-refractivity contribution in [3.8, 4) is 0 Å². The molecule has 2 rings (SSSR count). The molecule has 1 aromatic heterocycles. The molecule has 5 nitrogen and oxygen atoms in total. The highest BCUT2D eigenvalue weighted by molar-refractivity contribution is 7.98. The van der Waals surface area contributed by atoms with E-state index < -0.39 is 5.97 Å². The zero-order valence-electron chi connectivity index (χ0n) is 13.7. The average molecular weight is 364 g/mol. The van der Waals surface area contributed by atoms with Crippen molar-refractivity contribution >= 4 is 35.0 Å². The summed E-state index contributed by atoms with van der Waals surface area (Å²) in [6.07, 6.45) is 0. The zero-order chi connectivity index (χ0) is 17.4. The van der Waals surface area contributed by atoms with Gasteiger partial charge in [-0.05, 0) is 30.2 Å². The summed E-state index contributed by atoms with van der Waals surface area (Å²) >= 11 is 3.23. The molecule has 0 saturated carbocycles. The number of amides is 1. The largest absolute Gasteiger partial charge is 0.452 e. The first-order chi connectivity index (χ1) is 11.5. The van der Waals surface area contributed by atoms with Crippen LogP contribution in [0.1, 0.15) is 29.9 Å². The minimum Gasteiger partial charge on any atom is -0.452 e. The Morgan fingerprint density at radius 1 is 1.29 bits per heavy atom. The van der Waals surface area contributed by atoms with E-state index in [0.29, 0.717) is 18.0 Å². The molecule has 2 aromatic rings. The highest BCUT2D eigenvalue weighted by Crippen LogP contribution is 2.23. The van der Waals surface area contributed by atoms with Gasteiger partial charge in [0.05, 0.1) is 16.8 Å². The molecule has 128 valence electrons. The van der Waals surface area contributed by atoms with Gasteiger partial charge in [-0.15, -0.1) is 23.1 Å². The fourth-order valence-electron chi connectivity index (χ4n) is 1.74. The molecule has 0 saturated heterocycles. The molecule has 1 heterocycles. The Hall–Kier alpha value is -1.86. The van der Waals surface area contributed by atoms with Gasteiger partial charge in [0.1, 0.15) is 0 Å². The van der Waals surface area contributed by atoms with Gasteiger partial charge in [-0.25, -0.2) is 9.78 Å². The number of carbonyl (C=O) groups excluding carboxylic acids is 2. The molecule has 1 amide bonds. The summed E-state index contributed by atoms with van der Waals surface area (Å²) in [7, 11) is 0. The van der Waals surface area contributed by atoms with Crippen LogP contribution in [0.2, 0.25) is 0 Å². The van der Waals surface area contributed by atoms with Crippen LogP contribution in [0.3, 0.4) is 0 Å². The van der Waals surface area contributed by atoms with Gasteiger partial charge in [-0.1, -0.05) is 13.8 Å². The molecule has 0 bridgehead atoms. The van der Waals surface area contributed by atoms with Gasteiger partial charge in [0, 0.05) is 22.6 Å². The number of nitrogens with one attached hydrogen (secondary N) is 1. The first kappa shape index (κ1) is 18.5. The highest BCUT2D eigenvalue weighted by Gasteiger charge is 2.10. The van der Waals surface area contributed by atoms with Crippen LogP contribution in [0, 0.1) is 5.92 Å². The molecule has 0 aliphatic rings. The van der Waals surface area contributed by atoms with Gasteiger partial charge in [-0.3, -0.25) is 4.79 Å². The molecule has 7 heteroatoms. The molecule has 0 spiro atoms. The first-order valence-corrected chi connectivity index (χ1v) is 9.51. The lowest BCUT2D eigenvalue weighted by molar-refractivity contribution is -0.124. The lowest BCUT2D eigenvalue weighted by atomic mass is 10.2. The zero-order valence-corrected chi connectivity index (χ0v) is 15.3. The summed E-state index contributed by atoms with van der Waals surface area (Å²) < 4.78 is 5.01. The predicted molar refractivity (Wildman–Crippen MR) is 96.2 cm³/mol. The number of thioether (sulfide) groups is 1. The maximum absolute atomic E-state index is 11.9. The minimum absolute atomic E-state index is 0.258. The minimum atomic E-state index is -0.495. The number of rotatable bonds is 8. The molecular weight excluding hydrogens is 344 g/mol. The number of carbonyl (C=O) groups is 2. The van der Waals surface area contributed by atoms with Gasteiger partial charge < -0.3 is 10.1 Å². The standard InChI is InChI=1S/C17H20N2O3S2/c1-12(2)7-18-16(20)8-22-17(21)13-3-5-15(6-4-13)24-10-14-9-23-11-19-14/h3-6,9,11-12H,7-8,10H2,1-2H3,(H,18,20). The van der Waals surface area contributed by atoms with E-state index in [9.17, 15) is 9.59 Å². The van der Waals surface area contributed by atoms with Crippen molar-refractivity contribution in [1.82, 2.24) is 10.3 Å². The van der Waals surface area contributed by atoms with Crippen molar-refractivity contribution in [1.29, 1.82) is 0 Å². The highest BCUT2D eigenvalue weighted by atomic mass is 32.2. The molecular formula is C17H20N2O3S2. The number of thiazole rings is 1. The average Bonchev–Trinajstić information content (AvgIpc) is 3.10. The Morgan fingerprint density at radius 2 is 2.04 bits per heavy atom. The Morgan fingerprint density at radius 3 is 2.67 bits per heavy atom. The maximum atomic E-state index is 11.9. The lowest BCUT2D eigenvalue weighted by Gasteiger charge is -2.08. The van der Waals surface area contributed by atoms with E-state index in [1.165, 1.54) is 0 Å². The van der Waals surface area contributed by atoms with Crippen LogP contribution in [0.25, 0.3) is 0 Å². The van der Waals surface area contributed by atoms with E-state index in [-0.39, 0.29) is 12.5 Å². The van der Waals surface area contributed by atoms with Crippen LogP contribution in [0.4, 0.5) is 0 Å². The predicted octanol–water partition coefficient (Wildman–Crippen LogP) is 3.36. The molecule has 24 heavy (non-hydrogen) atoms. The number of esters is 1. The normalized spacial score (nSPS) is 10.6. The summed E-state index contributed by atoms with van der Waals surface area (Å²) in [5.41, 5.74) is 3.29. The van der Waals surface area contributed by atoms with E-state index >= 15 is 0 Å². The summed E-state index contributed by atoms with van der Waals surface area (Å²) in [5, 5.41) is 4.72. The molecule has 0 atom stereocenters. The molecule has 0 radical (unpaired) electrons. The van der Waals surface area contributed by atoms with Crippen LogP contribution in [-0.4, -0.2) is 30.0 Å². The summed E-state index contributed by atoms with van der Waals surface area (Å²) in [6.45, 7) is 4.31. The molecule has 0 fully saturated rings. The number of aromatic nitrogens is 1. The van der Waals surface area contributed by atoms with Crippen LogP contribution < -0.4 is 5.32 Å². The molecule has 1 aromatic carbocycles. The topological polar surface area (TPSA) is 68.3 Å². The fraction of sp³-hybridized carbons (Fsp3) is 0.353. The van der Waals surface area contributed by atoms with Crippen molar-refractivity contribution in [2.75, 3.05) is 13.2 Å². The van der Waals surface area contributed by atoms with E-state index in [2.05, 4.69) is 10.3 Å². The smallest absolute Gasteiger partial charge is 0.338 e. The number of nitrogens with zero attached hydrogens (tertiary/aromatic N) is 1. The lowest BCUT2D eigenvalue weighted by Crippen LogP contribution is -2.31. The van der Waals surface area contributed by atoms with Crippen molar-refractivity contribution in [2.24, 2.45) is 5.92 Å².